The first-order valence-corrected chi connectivity index (χ1v) is 5.39. The summed E-state index contributed by atoms with van der Waals surface area (Å²) in [6.07, 6.45) is -0.328. The quantitative estimate of drug-likeness (QED) is 0.373. The molecule has 6 nitrogen and oxygen atoms in total. The molecule has 0 radical (unpaired) electrons. The number of aliphatic hydroxyl groups excluding tert-OH is 4. The van der Waals surface area contributed by atoms with Gasteiger partial charge in [-0.05, 0) is 6.08 Å². The molecule has 0 aromatic carbocycles. The van der Waals surface area contributed by atoms with E-state index in [0.29, 0.717) is 0 Å². The van der Waals surface area contributed by atoms with Crippen LogP contribution in [0.2, 0.25) is 0 Å². The molecule has 2 rings (SSSR count). The molecule has 0 spiro atoms. The van der Waals surface area contributed by atoms with Crippen molar-refractivity contribution in [3.8, 4) is 0 Å². The van der Waals surface area contributed by atoms with Crippen LogP contribution < -0.4 is 0 Å². The number of rotatable bonds is 2. The van der Waals surface area contributed by atoms with Gasteiger partial charge in [0, 0.05) is 0 Å². The lowest BCUT2D eigenvalue weighted by molar-refractivity contribution is -0.145. The van der Waals surface area contributed by atoms with Crippen molar-refractivity contribution in [3.05, 3.63) is 24.3 Å². The Hall–Kier alpha value is -0.760. The average Bonchev–Trinajstić information content (AvgIpc) is 2.61. The highest BCUT2D eigenvalue weighted by Gasteiger charge is 2.54. The third-order valence-corrected chi connectivity index (χ3v) is 3.24. The van der Waals surface area contributed by atoms with Gasteiger partial charge < -0.3 is 30.3 Å². The first kappa shape index (κ1) is 12.7. The van der Waals surface area contributed by atoms with E-state index in [9.17, 15) is 20.4 Å². The lowest BCUT2D eigenvalue weighted by atomic mass is 9.84. The van der Waals surface area contributed by atoms with Crippen molar-refractivity contribution >= 4 is 0 Å². The van der Waals surface area contributed by atoms with Crippen molar-refractivity contribution in [1.82, 2.24) is 0 Å². The molecule has 6 atom stereocenters. The largest absolute Gasteiger partial charge is 0.394 e. The molecular weight excluding hydrogens is 228 g/mol. The van der Waals surface area contributed by atoms with E-state index in [1.807, 2.05) is 0 Å². The van der Waals surface area contributed by atoms with Gasteiger partial charge in [-0.1, -0.05) is 18.2 Å². The van der Waals surface area contributed by atoms with Gasteiger partial charge in [0.1, 0.15) is 36.1 Å². The summed E-state index contributed by atoms with van der Waals surface area (Å²) in [7, 11) is 0. The fourth-order valence-corrected chi connectivity index (χ4v) is 2.18. The van der Waals surface area contributed by atoms with Crippen LogP contribution in [0.25, 0.3) is 0 Å². The van der Waals surface area contributed by atoms with Gasteiger partial charge in [-0.15, -0.1) is 0 Å². The maximum Gasteiger partial charge on any atom is 0.141 e. The third-order valence-electron chi connectivity index (χ3n) is 3.24. The van der Waals surface area contributed by atoms with Crippen LogP contribution in [0.15, 0.2) is 24.3 Å². The Morgan fingerprint density at radius 2 is 1.82 bits per heavy atom. The maximum absolute atomic E-state index is 10.3. The van der Waals surface area contributed by atoms with Gasteiger partial charge in [0.15, 0.2) is 0 Å². The third kappa shape index (κ3) is 1.93. The number of hydrogen-bond acceptors (Lipinski definition) is 6. The summed E-state index contributed by atoms with van der Waals surface area (Å²) in [5.74, 6) is 0. The summed E-state index contributed by atoms with van der Waals surface area (Å²) >= 11 is 0. The predicted octanol–water partition coefficient (Wildman–Crippen LogP) is -2.31. The van der Waals surface area contributed by atoms with Crippen LogP contribution in [0.3, 0.4) is 0 Å². The first-order valence-electron chi connectivity index (χ1n) is 5.39. The highest BCUT2D eigenvalue weighted by atomic mass is 16.6. The van der Waals surface area contributed by atoms with Crippen molar-refractivity contribution in [1.29, 1.82) is 0 Å². The molecule has 17 heavy (non-hydrogen) atoms. The zero-order valence-corrected chi connectivity index (χ0v) is 9.05. The minimum Gasteiger partial charge on any atom is -0.394 e. The average molecular weight is 244 g/mol. The zero-order valence-electron chi connectivity index (χ0n) is 9.05. The molecule has 0 amide bonds. The lowest BCUT2D eigenvalue weighted by Crippen LogP contribution is -2.55. The molecule has 6 heteroatoms. The predicted molar refractivity (Wildman–Crippen MR) is 57.0 cm³/mol. The SMILES string of the molecule is OC[C@H]1O[C@@H](C2(O)C=CC=CC2O)[C@H](O)[C@@H]1O. The summed E-state index contributed by atoms with van der Waals surface area (Å²) in [5, 5.41) is 48.3. The molecule has 0 aromatic rings. The van der Waals surface area contributed by atoms with E-state index in [0.717, 1.165) is 0 Å². The van der Waals surface area contributed by atoms with Crippen molar-refractivity contribution in [3.63, 3.8) is 0 Å². The fourth-order valence-electron chi connectivity index (χ4n) is 2.18. The van der Waals surface area contributed by atoms with E-state index >= 15 is 0 Å². The van der Waals surface area contributed by atoms with E-state index in [1.165, 1.54) is 18.2 Å². The fraction of sp³-hybridized carbons (Fsp3) is 0.636. The van der Waals surface area contributed by atoms with Gasteiger partial charge in [-0.3, -0.25) is 0 Å². The van der Waals surface area contributed by atoms with Gasteiger partial charge in [0.2, 0.25) is 0 Å². The summed E-state index contributed by atoms with van der Waals surface area (Å²) in [6, 6.07) is 0. The van der Waals surface area contributed by atoms with Crippen LogP contribution >= 0.6 is 0 Å². The first-order chi connectivity index (χ1) is 8.00. The molecule has 1 saturated heterocycles. The van der Waals surface area contributed by atoms with E-state index < -0.39 is 42.7 Å². The molecule has 2 aliphatic rings. The minimum atomic E-state index is -1.81. The second-order valence-electron chi connectivity index (χ2n) is 4.34. The Balaban J connectivity index is 2.23. The molecule has 0 aromatic heterocycles. The number of ether oxygens (including phenoxy) is 1. The van der Waals surface area contributed by atoms with Crippen LogP contribution in [0, 0.1) is 0 Å². The van der Waals surface area contributed by atoms with Gasteiger partial charge in [-0.25, -0.2) is 0 Å². The zero-order chi connectivity index (χ0) is 12.6. The van der Waals surface area contributed by atoms with E-state index in [2.05, 4.69) is 0 Å². The summed E-state index contributed by atoms with van der Waals surface area (Å²) in [6.45, 7) is -0.472. The van der Waals surface area contributed by atoms with E-state index in [4.69, 9.17) is 9.84 Å². The molecule has 1 aliphatic heterocycles. The van der Waals surface area contributed by atoms with Crippen molar-refractivity contribution < 1.29 is 30.3 Å². The summed E-state index contributed by atoms with van der Waals surface area (Å²) in [4.78, 5) is 0. The Morgan fingerprint density at radius 1 is 1.12 bits per heavy atom. The molecule has 0 bridgehead atoms. The number of hydrogen-bond donors (Lipinski definition) is 5. The van der Waals surface area contributed by atoms with Crippen LogP contribution in [-0.4, -0.2) is 68.3 Å². The second-order valence-corrected chi connectivity index (χ2v) is 4.34. The highest BCUT2D eigenvalue weighted by Crippen LogP contribution is 2.34. The number of aliphatic hydroxyl groups is 5. The van der Waals surface area contributed by atoms with Crippen LogP contribution in [0.4, 0.5) is 0 Å². The Labute approximate surface area is 98.1 Å². The molecule has 96 valence electrons. The van der Waals surface area contributed by atoms with E-state index in [1.54, 1.807) is 6.08 Å². The van der Waals surface area contributed by atoms with Crippen LogP contribution in [0.1, 0.15) is 0 Å². The molecule has 1 fully saturated rings. The molecule has 0 saturated carbocycles. The normalized spacial score (nSPS) is 49.8. The molecule has 1 aliphatic carbocycles. The van der Waals surface area contributed by atoms with Crippen LogP contribution in [0.5, 0.6) is 0 Å². The summed E-state index contributed by atoms with van der Waals surface area (Å²) in [5.41, 5.74) is -1.81. The standard InChI is InChI=1S/C11H16O6/c12-5-6-8(14)9(15)10(17-6)11(16)4-2-1-3-7(11)13/h1-4,6-10,12-16H,5H2/t6-,7?,8-,9-,10-,11?/m1/s1. The summed E-state index contributed by atoms with van der Waals surface area (Å²) < 4.78 is 5.20. The van der Waals surface area contributed by atoms with Gasteiger partial charge in [-0.2, -0.15) is 0 Å². The Kier molecular flexibility index (Phi) is 3.35. The topological polar surface area (TPSA) is 110 Å². The Bertz CT molecular complexity index is 341. The van der Waals surface area contributed by atoms with E-state index in [-0.39, 0.29) is 0 Å². The smallest absolute Gasteiger partial charge is 0.141 e. The number of allylic oxidation sites excluding steroid dienone is 2. The molecular formula is C11H16O6. The van der Waals surface area contributed by atoms with Crippen molar-refractivity contribution in [2.75, 3.05) is 6.61 Å². The monoisotopic (exact) mass is 244 g/mol. The lowest BCUT2D eigenvalue weighted by Gasteiger charge is -2.36. The minimum absolute atomic E-state index is 0.472. The van der Waals surface area contributed by atoms with Crippen molar-refractivity contribution in [2.45, 2.75) is 36.1 Å². The van der Waals surface area contributed by atoms with Gasteiger partial charge >= 0.3 is 0 Å². The van der Waals surface area contributed by atoms with Crippen LogP contribution in [-0.2, 0) is 4.74 Å². The highest BCUT2D eigenvalue weighted by molar-refractivity contribution is 5.26. The van der Waals surface area contributed by atoms with Gasteiger partial charge in [0.05, 0.1) is 6.61 Å². The second kappa shape index (κ2) is 4.49. The van der Waals surface area contributed by atoms with Crippen molar-refractivity contribution in [2.24, 2.45) is 0 Å². The Morgan fingerprint density at radius 3 is 2.35 bits per heavy atom. The maximum atomic E-state index is 10.3. The van der Waals surface area contributed by atoms with Gasteiger partial charge in [0.25, 0.3) is 0 Å². The molecule has 2 unspecified atom stereocenters. The molecule has 5 N–H and O–H groups in total. The molecule has 1 heterocycles.